The van der Waals surface area contributed by atoms with E-state index in [1.807, 2.05) is 91.0 Å². The summed E-state index contributed by atoms with van der Waals surface area (Å²) >= 11 is 0. The third-order valence-corrected chi connectivity index (χ3v) is 6.39. The summed E-state index contributed by atoms with van der Waals surface area (Å²) in [5.41, 5.74) is 4.35. The highest BCUT2D eigenvalue weighted by Crippen LogP contribution is 2.32. The molecule has 0 saturated heterocycles. The van der Waals surface area contributed by atoms with Crippen LogP contribution < -0.4 is 20.7 Å². The molecule has 4 aromatic carbocycles. The number of carbonyl (C=O) groups is 2. The maximum absolute atomic E-state index is 13.5. The predicted octanol–water partition coefficient (Wildman–Crippen LogP) is 6.87. The molecule has 0 radical (unpaired) electrons. The van der Waals surface area contributed by atoms with Crippen LogP contribution >= 0.6 is 0 Å². The Bertz CT molecular complexity index is 1520. The van der Waals surface area contributed by atoms with Crippen LogP contribution in [0.4, 0.5) is 16.2 Å². The Hall–Kier alpha value is -5.43. The SMILES string of the molecule is O=C(Nc1ccccc1)Nc1ccc(OC(c2ccccc2)c2ccccc2)c(C(=O)NCCc2cccnc2)c1. The summed E-state index contributed by atoms with van der Waals surface area (Å²) in [6.45, 7) is 0.414. The monoisotopic (exact) mass is 542 g/mol. The Morgan fingerprint density at radius 1 is 0.707 bits per heavy atom. The van der Waals surface area contributed by atoms with Crippen LogP contribution in [0, 0.1) is 0 Å². The molecule has 5 aromatic rings. The van der Waals surface area contributed by atoms with E-state index in [0.717, 1.165) is 16.7 Å². The summed E-state index contributed by atoms with van der Waals surface area (Å²) in [7, 11) is 0. The van der Waals surface area contributed by atoms with Crippen molar-refractivity contribution in [3.8, 4) is 5.75 Å². The first-order chi connectivity index (χ1) is 20.2. The number of urea groups is 1. The van der Waals surface area contributed by atoms with Crippen LogP contribution in [0.5, 0.6) is 5.75 Å². The molecule has 0 spiro atoms. The van der Waals surface area contributed by atoms with Crippen LogP contribution in [0.3, 0.4) is 0 Å². The number of ether oxygens (including phenoxy) is 1. The van der Waals surface area contributed by atoms with Crippen molar-refractivity contribution in [1.82, 2.24) is 10.3 Å². The van der Waals surface area contributed by atoms with Crippen molar-refractivity contribution < 1.29 is 14.3 Å². The summed E-state index contributed by atoms with van der Waals surface area (Å²) < 4.78 is 6.56. The van der Waals surface area contributed by atoms with Crippen molar-refractivity contribution in [1.29, 1.82) is 0 Å². The van der Waals surface area contributed by atoms with Crippen molar-refractivity contribution >= 4 is 23.3 Å². The van der Waals surface area contributed by atoms with Gasteiger partial charge in [-0.15, -0.1) is 0 Å². The summed E-state index contributed by atoms with van der Waals surface area (Å²) in [4.78, 5) is 30.3. The first kappa shape index (κ1) is 27.1. The number of rotatable bonds is 10. The highest BCUT2D eigenvalue weighted by molar-refractivity contribution is 6.02. The number of amides is 3. The van der Waals surface area contributed by atoms with E-state index in [-0.39, 0.29) is 5.91 Å². The van der Waals surface area contributed by atoms with Crippen LogP contribution in [-0.2, 0) is 6.42 Å². The van der Waals surface area contributed by atoms with Crippen molar-refractivity contribution in [3.63, 3.8) is 0 Å². The van der Waals surface area contributed by atoms with Gasteiger partial charge in [0.25, 0.3) is 5.91 Å². The van der Waals surface area contributed by atoms with E-state index in [0.29, 0.717) is 35.7 Å². The fourth-order valence-electron chi connectivity index (χ4n) is 4.38. The first-order valence-corrected chi connectivity index (χ1v) is 13.4. The number of para-hydroxylation sites is 1. The van der Waals surface area contributed by atoms with Gasteiger partial charge in [-0.25, -0.2) is 4.79 Å². The zero-order chi connectivity index (χ0) is 28.3. The second kappa shape index (κ2) is 13.6. The molecule has 0 aliphatic carbocycles. The lowest BCUT2D eigenvalue weighted by Gasteiger charge is -2.22. The van der Waals surface area contributed by atoms with Gasteiger partial charge < -0.3 is 20.7 Å². The second-order valence-corrected chi connectivity index (χ2v) is 9.34. The van der Waals surface area contributed by atoms with Gasteiger partial charge in [-0.2, -0.15) is 0 Å². The topological polar surface area (TPSA) is 92.4 Å². The van der Waals surface area contributed by atoms with Crippen LogP contribution in [0.25, 0.3) is 0 Å². The number of hydrogen-bond donors (Lipinski definition) is 3. The normalized spacial score (nSPS) is 10.6. The summed E-state index contributed by atoms with van der Waals surface area (Å²) in [5.74, 6) is 0.0893. The highest BCUT2D eigenvalue weighted by atomic mass is 16.5. The number of nitrogens with zero attached hydrogens (tertiary/aromatic N) is 1. The van der Waals surface area contributed by atoms with E-state index in [9.17, 15) is 9.59 Å². The standard InChI is InChI=1S/C34H30N4O3/c39-33(36-22-20-25-11-10-21-35-24-25)30-23-29(38-34(40)37-28-16-8-3-9-17-28)18-19-31(30)41-32(26-12-4-1-5-13-26)27-14-6-2-7-15-27/h1-19,21,23-24,32H,20,22H2,(H,36,39)(H2,37,38,40). The molecular weight excluding hydrogens is 512 g/mol. The van der Waals surface area contributed by atoms with E-state index in [1.54, 1.807) is 42.7 Å². The smallest absolute Gasteiger partial charge is 0.323 e. The van der Waals surface area contributed by atoms with E-state index >= 15 is 0 Å². The maximum atomic E-state index is 13.5. The van der Waals surface area contributed by atoms with Gasteiger partial charge in [-0.05, 0) is 59.5 Å². The molecule has 0 bridgehead atoms. The fourth-order valence-corrected chi connectivity index (χ4v) is 4.38. The van der Waals surface area contributed by atoms with Crippen molar-refractivity contribution in [2.75, 3.05) is 17.2 Å². The van der Waals surface area contributed by atoms with Crippen LogP contribution in [0.15, 0.2) is 134 Å². The number of nitrogens with one attached hydrogen (secondary N) is 3. The van der Waals surface area contributed by atoms with E-state index in [4.69, 9.17) is 4.74 Å². The highest BCUT2D eigenvalue weighted by Gasteiger charge is 2.21. The average molecular weight is 543 g/mol. The number of carbonyl (C=O) groups excluding carboxylic acids is 2. The van der Waals surface area contributed by atoms with Crippen molar-refractivity contribution in [3.05, 3.63) is 156 Å². The van der Waals surface area contributed by atoms with Gasteiger partial charge >= 0.3 is 6.03 Å². The Morgan fingerprint density at radius 2 is 1.34 bits per heavy atom. The molecule has 7 nitrogen and oxygen atoms in total. The van der Waals surface area contributed by atoms with Gasteiger partial charge in [0.05, 0.1) is 5.56 Å². The largest absolute Gasteiger partial charge is 0.480 e. The molecule has 0 unspecified atom stereocenters. The molecule has 0 aliphatic heterocycles. The minimum atomic E-state index is -0.445. The van der Waals surface area contributed by atoms with Gasteiger partial charge in [-0.3, -0.25) is 9.78 Å². The molecule has 3 N–H and O–H groups in total. The maximum Gasteiger partial charge on any atom is 0.323 e. The number of hydrogen-bond acceptors (Lipinski definition) is 4. The zero-order valence-corrected chi connectivity index (χ0v) is 22.4. The van der Waals surface area contributed by atoms with E-state index < -0.39 is 12.1 Å². The van der Waals surface area contributed by atoms with E-state index in [1.165, 1.54) is 0 Å². The number of aromatic nitrogens is 1. The first-order valence-electron chi connectivity index (χ1n) is 13.4. The molecule has 0 aliphatic rings. The Balaban J connectivity index is 1.41. The molecule has 204 valence electrons. The lowest BCUT2D eigenvalue weighted by Crippen LogP contribution is -2.27. The lowest BCUT2D eigenvalue weighted by atomic mass is 10.0. The summed E-state index contributed by atoms with van der Waals surface area (Å²) in [5, 5.41) is 8.60. The fraction of sp³-hybridized carbons (Fsp3) is 0.0882. The number of benzene rings is 4. The summed E-state index contributed by atoms with van der Waals surface area (Å²) in [6.07, 6.45) is 3.68. The van der Waals surface area contributed by atoms with Gasteiger partial charge in [0, 0.05) is 30.3 Å². The third kappa shape index (κ3) is 7.58. The van der Waals surface area contributed by atoms with E-state index in [2.05, 4.69) is 20.9 Å². The summed E-state index contributed by atoms with van der Waals surface area (Å²) in [6, 6.07) is 37.3. The number of pyridine rings is 1. The molecule has 41 heavy (non-hydrogen) atoms. The molecule has 0 saturated carbocycles. The molecule has 7 heteroatoms. The van der Waals surface area contributed by atoms with Crippen molar-refractivity contribution in [2.45, 2.75) is 12.5 Å². The minimum absolute atomic E-state index is 0.309. The molecule has 1 aromatic heterocycles. The lowest BCUT2D eigenvalue weighted by molar-refractivity contribution is 0.0948. The van der Waals surface area contributed by atoms with Gasteiger partial charge in [-0.1, -0.05) is 84.9 Å². The molecule has 0 fully saturated rings. The second-order valence-electron chi connectivity index (χ2n) is 9.34. The minimum Gasteiger partial charge on any atom is -0.480 e. The zero-order valence-electron chi connectivity index (χ0n) is 22.4. The van der Waals surface area contributed by atoms with Gasteiger partial charge in [0.2, 0.25) is 0 Å². The molecule has 0 atom stereocenters. The van der Waals surface area contributed by atoms with Gasteiger partial charge in [0.1, 0.15) is 11.9 Å². The molecule has 1 heterocycles. The number of anilines is 2. The molecule has 5 rings (SSSR count). The van der Waals surface area contributed by atoms with Gasteiger partial charge in [0.15, 0.2) is 0 Å². The van der Waals surface area contributed by atoms with Crippen LogP contribution in [0.1, 0.15) is 33.2 Å². The third-order valence-electron chi connectivity index (χ3n) is 6.39. The Kier molecular flexibility index (Phi) is 8.99. The van der Waals surface area contributed by atoms with Crippen molar-refractivity contribution in [2.24, 2.45) is 0 Å². The Labute approximate surface area is 239 Å². The molecular formula is C34H30N4O3. The molecule has 3 amide bonds. The quantitative estimate of drug-likeness (QED) is 0.180. The Morgan fingerprint density at radius 3 is 1.98 bits per heavy atom. The van der Waals surface area contributed by atoms with Crippen LogP contribution in [0.2, 0.25) is 0 Å². The van der Waals surface area contributed by atoms with Crippen LogP contribution in [-0.4, -0.2) is 23.5 Å². The predicted molar refractivity (Wildman–Crippen MR) is 161 cm³/mol. The average Bonchev–Trinajstić information content (AvgIpc) is 3.02.